The summed E-state index contributed by atoms with van der Waals surface area (Å²) < 4.78 is 3.50. The predicted molar refractivity (Wildman–Crippen MR) is 143 cm³/mol. The molecule has 3 aromatic heterocycles. The Balaban J connectivity index is 1.40. The van der Waals surface area contributed by atoms with Crippen LogP contribution in [0.4, 0.5) is 5.69 Å². The van der Waals surface area contributed by atoms with Gasteiger partial charge in [-0.2, -0.15) is 5.10 Å². The summed E-state index contributed by atoms with van der Waals surface area (Å²) in [6.07, 6.45) is 2.59. The number of aryl methyl sites for hydroxylation is 3. The lowest BCUT2D eigenvalue weighted by Gasteiger charge is -2.68. The zero-order valence-corrected chi connectivity index (χ0v) is 22.6. The van der Waals surface area contributed by atoms with Gasteiger partial charge in [0.2, 0.25) is 0 Å². The molecule has 7 rings (SSSR count). The molecule has 1 atom stereocenters. The Labute approximate surface area is 223 Å². The minimum absolute atomic E-state index is 0.0432. The van der Waals surface area contributed by atoms with Crippen molar-refractivity contribution < 1.29 is 9.90 Å². The van der Waals surface area contributed by atoms with Crippen LogP contribution < -0.4 is 10.9 Å². The lowest BCUT2D eigenvalue weighted by molar-refractivity contribution is -0.0837. The molecule has 0 saturated heterocycles. The lowest BCUT2D eigenvalue weighted by Crippen LogP contribution is -2.69. The minimum Gasteiger partial charge on any atom is -0.476 e. The molecular formula is C27H28ClN7O3. The molecule has 38 heavy (non-hydrogen) atoms. The highest BCUT2D eigenvalue weighted by atomic mass is 35.5. The minimum atomic E-state index is -1.18. The van der Waals surface area contributed by atoms with E-state index in [9.17, 15) is 14.7 Å². The summed E-state index contributed by atoms with van der Waals surface area (Å²) in [5.41, 5.74) is 2.22. The van der Waals surface area contributed by atoms with Crippen LogP contribution in [0.25, 0.3) is 10.9 Å². The largest absolute Gasteiger partial charge is 0.476 e. The Morgan fingerprint density at radius 2 is 1.82 bits per heavy atom. The zero-order valence-electron chi connectivity index (χ0n) is 21.8. The fourth-order valence-electron chi connectivity index (χ4n) is 6.33. The standard InChI is InChI=1S/C27H28ClN7O3/c1-13-8-16(14(2)29-18-6-7-19(28)31-21(18)23(37)38)20-17(9-13)22(36)34(4)25(32-20)27-10-26(11-27,12-27)24-30-15(3)35(5)33-24/h6-9,14,29H,10-12H2,1-5H3,(H,37,38)/t14-,26?,27?/m1/s1. The highest BCUT2D eigenvalue weighted by molar-refractivity contribution is 6.29. The molecule has 3 heterocycles. The van der Waals surface area contributed by atoms with Crippen molar-refractivity contribution in [2.24, 2.45) is 14.1 Å². The third-order valence-corrected chi connectivity index (χ3v) is 8.43. The number of hydrogen-bond acceptors (Lipinski definition) is 7. The normalized spacial score (nSPS) is 22.6. The van der Waals surface area contributed by atoms with Crippen LogP contribution in [0, 0.1) is 13.8 Å². The third kappa shape index (κ3) is 3.46. The predicted octanol–water partition coefficient (Wildman–Crippen LogP) is 3.97. The molecule has 0 unspecified atom stereocenters. The first-order valence-electron chi connectivity index (χ1n) is 12.5. The van der Waals surface area contributed by atoms with Crippen molar-refractivity contribution in [2.45, 2.75) is 56.9 Å². The lowest BCUT2D eigenvalue weighted by atomic mass is 9.34. The average Bonchev–Trinajstić information content (AvgIpc) is 3.14. The number of carbonyl (C=O) groups is 1. The van der Waals surface area contributed by atoms with Gasteiger partial charge in [-0.3, -0.25) is 14.0 Å². The SMILES string of the molecule is Cc1cc([C@@H](C)Nc2ccc(Cl)nc2C(=O)O)c2nc(C34CC(c5nc(C)n(C)n5)(C3)C4)n(C)c(=O)c2c1. The number of halogens is 1. The number of rotatable bonds is 6. The van der Waals surface area contributed by atoms with Crippen molar-refractivity contribution in [3.8, 4) is 0 Å². The average molecular weight is 534 g/mol. The Morgan fingerprint density at radius 3 is 2.45 bits per heavy atom. The summed E-state index contributed by atoms with van der Waals surface area (Å²) >= 11 is 5.93. The molecule has 196 valence electrons. The first-order chi connectivity index (χ1) is 17.9. The van der Waals surface area contributed by atoms with E-state index in [-0.39, 0.29) is 33.3 Å². The Kier molecular flexibility index (Phi) is 5.23. The number of fused-ring (bicyclic) bond motifs is 1. The van der Waals surface area contributed by atoms with Crippen LogP contribution in [-0.2, 0) is 24.9 Å². The summed E-state index contributed by atoms with van der Waals surface area (Å²) in [4.78, 5) is 39.1. The molecule has 4 aromatic rings. The van der Waals surface area contributed by atoms with Gasteiger partial charge < -0.3 is 10.4 Å². The van der Waals surface area contributed by atoms with Crippen LogP contribution in [0.5, 0.6) is 0 Å². The quantitative estimate of drug-likeness (QED) is 0.356. The number of carboxylic acids is 1. The van der Waals surface area contributed by atoms with Crippen molar-refractivity contribution in [1.29, 1.82) is 0 Å². The first-order valence-corrected chi connectivity index (χ1v) is 12.9. The smallest absolute Gasteiger partial charge is 0.356 e. The number of aromatic nitrogens is 6. The van der Waals surface area contributed by atoms with Gasteiger partial charge >= 0.3 is 5.97 Å². The van der Waals surface area contributed by atoms with E-state index in [4.69, 9.17) is 16.6 Å². The zero-order chi connectivity index (χ0) is 27.1. The van der Waals surface area contributed by atoms with Crippen molar-refractivity contribution >= 4 is 34.2 Å². The van der Waals surface area contributed by atoms with Gasteiger partial charge in [0, 0.05) is 30.5 Å². The summed E-state index contributed by atoms with van der Waals surface area (Å²) in [7, 11) is 3.70. The molecule has 3 saturated carbocycles. The number of benzene rings is 1. The van der Waals surface area contributed by atoms with Gasteiger partial charge in [-0.05, 0) is 63.8 Å². The highest BCUT2D eigenvalue weighted by Gasteiger charge is 2.72. The molecule has 0 amide bonds. The van der Waals surface area contributed by atoms with Crippen LogP contribution in [0.15, 0.2) is 29.1 Å². The fraction of sp³-hybridized carbons (Fsp3) is 0.407. The van der Waals surface area contributed by atoms with Gasteiger partial charge in [0.05, 0.1) is 22.6 Å². The van der Waals surface area contributed by atoms with Gasteiger partial charge in [0.25, 0.3) is 5.56 Å². The van der Waals surface area contributed by atoms with Gasteiger partial charge in [-0.1, -0.05) is 17.7 Å². The number of aromatic carboxylic acids is 1. The molecule has 0 aliphatic heterocycles. The van der Waals surface area contributed by atoms with Gasteiger partial charge in [-0.25, -0.2) is 19.7 Å². The summed E-state index contributed by atoms with van der Waals surface area (Å²) in [6, 6.07) is 6.64. The van der Waals surface area contributed by atoms with E-state index in [0.717, 1.165) is 47.9 Å². The molecule has 1 aromatic carbocycles. The molecule has 10 nitrogen and oxygen atoms in total. The summed E-state index contributed by atoms with van der Waals surface area (Å²) in [6.45, 7) is 5.80. The first kappa shape index (κ1) is 24.5. The summed E-state index contributed by atoms with van der Waals surface area (Å²) in [5, 5.41) is 18.1. The van der Waals surface area contributed by atoms with E-state index in [1.54, 1.807) is 28.4 Å². The molecule has 3 fully saturated rings. The van der Waals surface area contributed by atoms with E-state index in [1.807, 2.05) is 40.0 Å². The molecule has 3 aliphatic carbocycles. The Morgan fingerprint density at radius 1 is 1.11 bits per heavy atom. The number of pyridine rings is 1. The maximum atomic E-state index is 13.6. The number of anilines is 1. The monoisotopic (exact) mass is 533 g/mol. The van der Waals surface area contributed by atoms with Crippen LogP contribution >= 0.6 is 11.6 Å². The van der Waals surface area contributed by atoms with Gasteiger partial charge in [0.15, 0.2) is 11.5 Å². The van der Waals surface area contributed by atoms with E-state index in [2.05, 4.69) is 20.4 Å². The van der Waals surface area contributed by atoms with Crippen LogP contribution in [0.3, 0.4) is 0 Å². The van der Waals surface area contributed by atoms with E-state index < -0.39 is 5.97 Å². The van der Waals surface area contributed by atoms with E-state index >= 15 is 0 Å². The molecular weight excluding hydrogens is 506 g/mol. The van der Waals surface area contributed by atoms with Crippen molar-refractivity contribution in [3.05, 3.63) is 74.1 Å². The van der Waals surface area contributed by atoms with E-state index in [0.29, 0.717) is 16.6 Å². The topological polar surface area (TPSA) is 128 Å². The second kappa shape index (κ2) is 8.10. The van der Waals surface area contributed by atoms with Crippen molar-refractivity contribution in [1.82, 2.24) is 29.3 Å². The fourth-order valence-corrected chi connectivity index (χ4v) is 6.48. The number of carboxylic acid groups (broad SMARTS) is 1. The van der Waals surface area contributed by atoms with Crippen LogP contribution in [0.2, 0.25) is 5.15 Å². The van der Waals surface area contributed by atoms with Crippen LogP contribution in [-0.4, -0.2) is 40.4 Å². The maximum absolute atomic E-state index is 13.6. The second-order valence-electron chi connectivity index (χ2n) is 10.9. The van der Waals surface area contributed by atoms with Crippen molar-refractivity contribution in [2.75, 3.05) is 5.32 Å². The van der Waals surface area contributed by atoms with Crippen molar-refractivity contribution in [3.63, 3.8) is 0 Å². The molecule has 2 N–H and O–H groups in total. The van der Waals surface area contributed by atoms with Crippen LogP contribution in [0.1, 0.15) is 71.3 Å². The Hall–Kier alpha value is -3.79. The number of nitrogens with zero attached hydrogens (tertiary/aromatic N) is 6. The molecule has 3 aliphatic rings. The number of hydrogen-bond donors (Lipinski definition) is 2. The molecule has 0 spiro atoms. The van der Waals surface area contributed by atoms with Gasteiger partial charge in [-0.15, -0.1) is 0 Å². The summed E-state index contributed by atoms with van der Waals surface area (Å²) in [5.74, 6) is 1.37. The highest BCUT2D eigenvalue weighted by Crippen LogP contribution is 2.72. The van der Waals surface area contributed by atoms with E-state index in [1.165, 1.54) is 0 Å². The molecule has 0 radical (unpaired) electrons. The second-order valence-corrected chi connectivity index (χ2v) is 11.3. The third-order valence-electron chi connectivity index (χ3n) is 8.22. The molecule has 11 heteroatoms. The molecule has 2 bridgehead atoms. The van der Waals surface area contributed by atoms with Gasteiger partial charge in [0.1, 0.15) is 16.8 Å². The number of nitrogens with one attached hydrogen (secondary N) is 1. The maximum Gasteiger partial charge on any atom is 0.356 e. The Bertz CT molecular complexity index is 1680.